The number of nitrogens with two attached hydrogens (primary N) is 1. The van der Waals surface area contributed by atoms with Gasteiger partial charge in [-0.05, 0) is 6.42 Å². The van der Waals surface area contributed by atoms with Gasteiger partial charge in [0.15, 0.2) is 0 Å². The molecule has 98 valence electrons. The van der Waals surface area contributed by atoms with Crippen molar-refractivity contribution in [1.29, 1.82) is 0 Å². The summed E-state index contributed by atoms with van der Waals surface area (Å²) in [6.07, 6.45) is 0.820. The van der Waals surface area contributed by atoms with E-state index in [1.165, 1.54) is 7.05 Å². The molecule has 0 aliphatic carbocycles. The summed E-state index contributed by atoms with van der Waals surface area (Å²) in [5.41, 5.74) is 5.18. The fourth-order valence-electron chi connectivity index (χ4n) is 1.04. The lowest BCUT2D eigenvalue weighted by molar-refractivity contribution is -0.146. The number of nitrogens with one attached hydrogen (secondary N) is 2. The Kier molecular flexibility index (Phi) is 7.70. The molecule has 7 heteroatoms. The van der Waals surface area contributed by atoms with Crippen LogP contribution in [0.4, 0.5) is 0 Å². The molecule has 0 heterocycles. The molecule has 0 bridgehead atoms. The Balaban J connectivity index is 4.03. The van der Waals surface area contributed by atoms with Gasteiger partial charge in [0, 0.05) is 26.7 Å². The Labute approximate surface area is 101 Å². The summed E-state index contributed by atoms with van der Waals surface area (Å²) in [7, 11) is 1.40. The van der Waals surface area contributed by atoms with Gasteiger partial charge in [0.25, 0.3) is 0 Å². The first kappa shape index (κ1) is 15.4. The van der Waals surface area contributed by atoms with Crippen molar-refractivity contribution < 1.29 is 14.4 Å². The smallest absolute Gasteiger partial charge is 0.312 e. The summed E-state index contributed by atoms with van der Waals surface area (Å²) in [6, 6.07) is 0. The number of hydrogen-bond acceptors (Lipinski definition) is 4. The van der Waals surface area contributed by atoms with Gasteiger partial charge in [-0.15, -0.1) is 0 Å². The fraction of sp³-hybridized carbons (Fsp3) is 0.700. The quantitative estimate of drug-likeness (QED) is 0.472. The van der Waals surface area contributed by atoms with Crippen LogP contribution in [0.25, 0.3) is 0 Å². The van der Waals surface area contributed by atoms with Gasteiger partial charge >= 0.3 is 11.8 Å². The molecule has 0 aromatic rings. The van der Waals surface area contributed by atoms with Crippen molar-refractivity contribution in [2.45, 2.75) is 13.3 Å². The van der Waals surface area contributed by atoms with Crippen LogP contribution in [0.15, 0.2) is 0 Å². The van der Waals surface area contributed by atoms with Crippen molar-refractivity contribution in [3.8, 4) is 0 Å². The Morgan fingerprint density at radius 1 is 1.18 bits per heavy atom. The number of carbonyl (C=O) groups excluding carboxylic acids is 3. The first-order valence-electron chi connectivity index (χ1n) is 5.53. The fourth-order valence-corrected chi connectivity index (χ4v) is 1.04. The highest BCUT2D eigenvalue weighted by Crippen LogP contribution is 1.85. The van der Waals surface area contributed by atoms with Gasteiger partial charge in [0.05, 0.1) is 6.54 Å². The number of carbonyl (C=O) groups is 3. The van der Waals surface area contributed by atoms with Gasteiger partial charge in [0.1, 0.15) is 0 Å². The third-order valence-corrected chi connectivity index (χ3v) is 1.92. The summed E-state index contributed by atoms with van der Waals surface area (Å²) in [5, 5.41) is 4.96. The molecule has 0 radical (unpaired) electrons. The zero-order valence-electron chi connectivity index (χ0n) is 10.3. The van der Waals surface area contributed by atoms with Crippen LogP contribution >= 0.6 is 0 Å². The largest absolute Gasteiger partial charge is 0.355 e. The highest BCUT2D eigenvalue weighted by Gasteiger charge is 2.19. The minimum Gasteiger partial charge on any atom is -0.355 e. The molecule has 0 fully saturated rings. The number of rotatable bonds is 6. The zero-order valence-corrected chi connectivity index (χ0v) is 10.3. The molecule has 0 saturated carbocycles. The molecular formula is C10H20N4O3. The Bertz CT molecular complexity index is 281. The summed E-state index contributed by atoms with van der Waals surface area (Å²) >= 11 is 0. The predicted molar refractivity (Wildman–Crippen MR) is 63.0 cm³/mol. The van der Waals surface area contributed by atoms with E-state index in [-0.39, 0.29) is 25.5 Å². The monoisotopic (exact) mass is 244 g/mol. The van der Waals surface area contributed by atoms with Crippen LogP contribution in [0.2, 0.25) is 0 Å². The maximum absolute atomic E-state index is 11.5. The molecule has 0 aliphatic heterocycles. The second kappa shape index (κ2) is 8.51. The van der Waals surface area contributed by atoms with Crippen LogP contribution in [-0.2, 0) is 14.4 Å². The van der Waals surface area contributed by atoms with E-state index in [2.05, 4.69) is 10.6 Å². The lowest BCUT2D eigenvalue weighted by Crippen LogP contribution is -2.46. The summed E-state index contributed by atoms with van der Waals surface area (Å²) < 4.78 is 0. The van der Waals surface area contributed by atoms with Crippen LogP contribution in [-0.4, -0.2) is 55.8 Å². The van der Waals surface area contributed by atoms with Crippen molar-refractivity contribution in [2.24, 2.45) is 5.73 Å². The number of likely N-dealkylation sites (N-methyl/N-ethyl adjacent to an activating group) is 1. The van der Waals surface area contributed by atoms with E-state index in [9.17, 15) is 14.4 Å². The first-order valence-corrected chi connectivity index (χ1v) is 5.53. The molecule has 0 rings (SSSR count). The standard InChI is InChI=1S/C10H20N4O3/c1-3-5-12-8(15)7-14(2)10(17)9(16)13-6-4-11/h3-7,11H2,1-2H3,(H,12,15)(H,13,16). The predicted octanol–water partition coefficient (Wildman–Crippen LogP) is -1.95. The van der Waals surface area contributed by atoms with Crippen molar-refractivity contribution in [2.75, 3.05) is 33.2 Å². The maximum Gasteiger partial charge on any atom is 0.312 e. The van der Waals surface area contributed by atoms with Gasteiger partial charge < -0.3 is 21.3 Å². The molecule has 0 aromatic carbocycles. The topological polar surface area (TPSA) is 105 Å². The SMILES string of the molecule is CCCNC(=O)CN(C)C(=O)C(=O)NCCN. The highest BCUT2D eigenvalue weighted by molar-refractivity contribution is 6.35. The molecule has 3 amide bonds. The maximum atomic E-state index is 11.5. The molecule has 0 saturated heterocycles. The van der Waals surface area contributed by atoms with Crippen molar-refractivity contribution in [1.82, 2.24) is 15.5 Å². The van der Waals surface area contributed by atoms with Gasteiger partial charge in [-0.2, -0.15) is 0 Å². The van der Waals surface area contributed by atoms with E-state index in [1.807, 2.05) is 6.92 Å². The van der Waals surface area contributed by atoms with E-state index in [4.69, 9.17) is 5.73 Å². The third kappa shape index (κ3) is 6.52. The molecule has 0 unspecified atom stereocenters. The van der Waals surface area contributed by atoms with Gasteiger partial charge in [-0.25, -0.2) is 0 Å². The molecule has 0 spiro atoms. The van der Waals surface area contributed by atoms with E-state index in [0.29, 0.717) is 6.54 Å². The second-order valence-electron chi connectivity index (χ2n) is 3.56. The van der Waals surface area contributed by atoms with Crippen LogP contribution in [0.3, 0.4) is 0 Å². The van der Waals surface area contributed by atoms with Gasteiger partial charge in [-0.3, -0.25) is 14.4 Å². The Morgan fingerprint density at radius 3 is 2.35 bits per heavy atom. The molecule has 0 aliphatic rings. The number of amides is 3. The lowest BCUT2D eigenvalue weighted by Gasteiger charge is -2.15. The third-order valence-electron chi connectivity index (χ3n) is 1.92. The van der Waals surface area contributed by atoms with E-state index < -0.39 is 11.8 Å². The molecule has 7 nitrogen and oxygen atoms in total. The molecule has 17 heavy (non-hydrogen) atoms. The average Bonchev–Trinajstić information content (AvgIpc) is 2.32. The molecule has 0 atom stereocenters. The van der Waals surface area contributed by atoms with Crippen LogP contribution in [0.5, 0.6) is 0 Å². The second-order valence-corrected chi connectivity index (χ2v) is 3.56. The summed E-state index contributed by atoms with van der Waals surface area (Å²) in [6.45, 7) is 2.85. The van der Waals surface area contributed by atoms with E-state index in [1.54, 1.807) is 0 Å². The van der Waals surface area contributed by atoms with E-state index in [0.717, 1.165) is 11.3 Å². The molecule has 4 N–H and O–H groups in total. The normalized spacial score (nSPS) is 9.59. The van der Waals surface area contributed by atoms with Crippen molar-refractivity contribution >= 4 is 17.7 Å². The highest BCUT2D eigenvalue weighted by atomic mass is 16.2. The average molecular weight is 244 g/mol. The minimum atomic E-state index is -0.749. The summed E-state index contributed by atoms with van der Waals surface area (Å²) in [4.78, 5) is 35.1. The van der Waals surface area contributed by atoms with Crippen molar-refractivity contribution in [3.05, 3.63) is 0 Å². The van der Waals surface area contributed by atoms with Crippen LogP contribution < -0.4 is 16.4 Å². The number of hydrogen-bond donors (Lipinski definition) is 3. The van der Waals surface area contributed by atoms with Gasteiger partial charge in [-0.1, -0.05) is 6.92 Å². The summed E-state index contributed by atoms with van der Waals surface area (Å²) in [5.74, 6) is -1.78. The minimum absolute atomic E-state index is 0.130. The van der Waals surface area contributed by atoms with E-state index >= 15 is 0 Å². The van der Waals surface area contributed by atoms with Crippen LogP contribution in [0.1, 0.15) is 13.3 Å². The lowest BCUT2D eigenvalue weighted by atomic mass is 10.4. The Morgan fingerprint density at radius 2 is 1.82 bits per heavy atom. The number of nitrogens with zero attached hydrogens (tertiary/aromatic N) is 1. The molecule has 0 aromatic heterocycles. The van der Waals surface area contributed by atoms with Gasteiger partial charge in [0.2, 0.25) is 5.91 Å². The first-order chi connectivity index (χ1) is 8.02. The Hall–Kier alpha value is -1.63. The zero-order chi connectivity index (χ0) is 13.3. The van der Waals surface area contributed by atoms with Crippen molar-refractivity contribution in [3.63, 3.8) is 0 Å². The molecular weight excluding hydrogens is 224 g/mol. The van der Waals surface area contributed by atoms with Crippen LogP contribution in [0, 0.1) is 0 Å².